The molecule has 0 fully saturated rings. The lowest BCUT2D eigenvalue weighted by molar-refractivity contribution is 0.0732. The first-order valence-corrected chi connectivity index (χ1v) is 6.86. The molecule has 1 amide bonds. The highest BCUT2D eigenvalue weighted by Crippen LogP contribution is 2.20. The predicted molar refractivity (Wildman–Crippen MR) is 78.3 cm³/mol. The van der Waals surface area contributed by atoms with Gasteiger partial charge in [-0.25, -0.2) is 0 Å². The average molecular weight is 263 g/mol. The van der Waals surface area contributed by atoms with E-state index in [0.717, 1.165) is 6.42 Å². The fraction of sp³-hybridized carbons (Fsp3) is 0.562. The molecule has 1 N–H and O–H groups in total. The van der Waals surface area contributed by atoms with Crippen molar-refractivity contribution in [3.05, 3.63) is 35.4 Å². The van der Waals surface area contributed by atoms with Crippen LogP contribution in [0.15, 0.2) is 24.3 Å². The minimum atomic E-state index is -0.0149. The zero-order chi connectivity index (χ0) is 14.5. The van der Waals surface area contributed by atoms with Gasteiger partial charge in [-0.05, 0) is 36.5 Å². The number of nitrogens with zero attached hydrogens (tertiary/aromatic N) is 1. The smallest absolute Gasteiger partial charge is 0.253 e. The number of aliphatic hydroxyl groups excluding tert-OH is 1. The highest BCUT2D eigenvalue weighted by molar-refractivity contribution is 5.94. The highest BCUT2D eigenvalue weighted by atomic mass is 16.3. The Morgan fingerprint density at radius 2 is 1.79 bits per heavy atom. The minimum Gasteiger partial charge on any atom is -0.395 e. The Morgan fingerprint density at radius 3 is 2.21 bits per heavy atom. The summed E-state index contributed by atoms with van der Waals surface area (Å²) in [5.74, 6) is -0.0149. The number of rotatable bonds is 5. The minimum absolute atomic E-state index is 0.00167. The normalized spacial score (nSPS) is 11.4. The van der Waals surface area contributed by atoms with Gasteiger partial charge < -0.3 is 10.0 Å². The van der Waals surface area contributed by atoms with Crippen molar-refractivity contribution in [1.29, 1.82) is 0 Å². The Balaban J connectivity index is 2.78. The van der Waals surface area contributed by atoms with Crippen LogP contribution < -0.4 is 0 Å². The summed E-state index contributed by atoms with van der Waals surface area (Å²) < 4.78 is 0. The number of amides is 1. The molecule has 0 saturated carbocycles. The van der Waals surface area contributed by atoms with Crippen LogP contribution in [0.3, 0.4) is 0 Å². The molecule has 0 atom stereocenters. The number of hydrogen-bond acceptors (Lipinski definition) is 2. The van der Waals surface area contributed by atoms with Gasteiger partial charge in [-0.3, -0.25) is 4.79 Å². The first-order chi connectivity index (χ1) is 8.87. The zero-order valence-corrected chi connectivity index (χ0v) is 12.4. The first-order valence-electron chi connectivity index (χ1n) is 6.86. The third kappa shape index (κ3) is 5.03. The summed E-state index contributed by atoms with van der Waals surface area (Å²) in [5, 5.41) is 8.94. The van der Waals surface area contributed by atoms with E-state index in [9.17, 15) is 4.79 Å². The lowest BCUT2D eigenvalue weighted by atomic mass is 9.88. The van der Waals surface area contributed by atoms with Gasteiger partial charge in [-0.2, -0.15) is 0 Å². The predicted octanol–water partition coefficient (Wildman–Crippen LogP) is 2.73. The van der Waals surface area contributed by atoms with Gasteiger partial charge >= 0.3 is 0 Å². The van der Waals surface area contributed by atoms with Crippen LogP contribution in [0.1, 0.15) is 43.6 Å². The van der Waals surface area contributed by atoms with E-state index in [2.05, 4.69) is 20.8 Å². The Bertz CT molecular complexity index is 404. The Morgan fingerprint density at radius 1 is 1.21 bits per heavy atom. The van der Waals surface area contributed by atoms with Gasteiger partial charge in [0.1, 0.15) is 0 Å². The van der Waals surface area contributed by atoms with Gasteiger partial charge in [-0.1, -0.05) is 32.9 Å². The molecule has 0 bridgehead atoms. The summed E-state index contributed by atoms with van der Waals surface area (Å²) in [7, 11) is 0. The van der Waals surface area contributed by atoms with Crippen LogP contribution in [0.2, 0.25) is 0 Å². The number of benzene rings is 1. The van der Waals surface area contributed by atoms with Gasteiger partial charge in [0, 0.05) is 18.7 Å². The van der Waals surface area contributed by atoms with Crippen molar-refractivity contribution in [2.75, 3.05) is 19.7 Å². The zero-order valence-electron chi connectivity index (χ0n) is 12.4. The SMILES string of the molecule is CCN(CCO)C(=O)c1ccc(CC(C)(C)C)cc1. The van der Waals surface area contributed by atoms with Gasteiger partial charge in [-0.15, -0.1) is 0 Å². The molecule has 1 aromatic rings. The number of likely N-dealkylation sites (N-methyl/N-ethyl adjacent to an activating group) is 1. The molecule has 1 rings (SSSR count). The molecule has 0 aliphatic heterocycles. The second-order valence-electron chi connectivity index (χ2n) is 6.04. The summed E-state index contributed by atoms with van der Waals surface area (Å²) in [4.78, 5) is 13.8. The molecule has 0 aliphatic carbocycles. The van der Waals surface area contributed by atoms with Crippen LogP contribution in [-0.4, -0.2) is 35.6 Å². The maximum Gasteiger partial charge on any atom is 0.253 e. The molecule has 0 saturated heterocycles. The quantitative estimate of drug-likeness (QED) is 0.887. The van der Waals surface area contributed by atoms with Crippen molar-refractivity contribution in [2.24, 2.45) is 5.41 Å². The summed E-state index contributed by atoms with van der Waals surface area (Å²) in [5.41, 5.74) is 2.18. The molecule has 19 heavy (non-hydrogen) atoms. The Labute approximate surface area is 116 Å². The van der Waals surface area contributed by atoms with Crippen LogP contribution in [-0.2, 0) is 6.42 Å². The van der Waals surface area contributed by atoms with Crippen LogP contribution in [0, 0.1) is 5.41 Å². The number of hydrogen-bond donors (Lipinski definition) is 1. The van der Waals surface area contributed by atoms with E-state index in [1.165, 1.54) is 5.56 Å². The molecule has 3 heteroatoms. The van der Waals surface area contributed by atoms with Crippen LogP contribution in [0.5, 0.6) is 0 Å². The molecule has 1 aromatic carbocycles. The van der Waals surface area contributed by atoms with Crippen molar-refractivity contribution in [3.8, 4) is 0 Å². The molecular weight excluding hydrogens is 238 g/mol. The van der Waals surface area contributed by atoms with Crippen molar-refractivity contribution in [1.82, 2.24) is 4.90 Å². The first kappa shape index (κ1) is 15.7. The number of aliphatic hydroxyl groups is 1. The fourth-order valence-electron chi connectivity index (χ4n) is 2.08. The van der Waals surface area contributed by atoms with E-state index in [1.807, 2.05) is 31.2 Å². The maximum absolute atomic E-state index is 12.2. The van der Waals surface area contributed by atoms with Crippen molar-refractivity contribution in [3.63, 3.8) is 0 Å². The lowest BCUT2D eigenvalue weighted by Gasteiger charge is -2.21. The third-order valence-electron chi connectivity index (χ3n) is 2.97. The van der Waals surface area contributed by atoms with Gasteiger partial charge in [0.2, 0.25) is 0 Å². The lowest BCUT2D eigenvalue weighted by Crippen LogP contribution is -2.33. The standard InChI is InChI=1S/C16H25NO2/c1-5-17(10-11-18)15(19)14-8-6-13(7-9-14)12-16(2,3)4/h6-9,18H,5,10-12H2,1-4H3. The van der Waals surface area contributed by atoms with E-state index in [1.54, 1.807) is 4.90 Å². The molecular formula is C16H25NO2. The largest absolute Gasteiger partial charge is 0.395 e. The van der Waals surface area contributed by atoms with Gasteiger partial charge in [0.25, 0.3) is 5.91 Å². The van der Waals surface area contributed by atoms with Crippen LogP contribution in [0.4, 0.5) is 0 Å². The van der Waals surface area contributed by atoms with Crippen molar-refractivity contribution < 1.29 is 9.90 Å². The topological polar surface area (TPSA) is 40.5 Å². The summed E-state index contributed by atoms with van der Waals surface area (Å²) in [6.07, 6.45) is 0.996. The molecule has 0 heterocycles. The van der Waals surface area contributed by atoms with E-state index in [-0.39, 0.29) is 17.9 Å². The maximum atomic E-state index is 12.2. The molecule has 0 radical (unpaired) electrons. The molecule has 0 spiro atoms. The van der Waals surface area contributed by atoms with E-state index in [0.29, 0.717) is 18.7 Å². The van der Waals surface area contributed by atoms with Gasteiger partial charge in [0.05, 0.1) is 6.61 Å². The van der Waals surface area contributed by atoms with E-state index in [4.69, 9.17) is 5.11 Å². The third-order valence-corrected chi connectivity index (χ3v) is 2.97. The summed E-state index contributed by atoms with van der Waals surface area (Å²) in [6, 6.07) is 7.80. The molecule has 106 valence electrons. The second kappa shape index (κ2) is 6.71. The average Bonchev–Trinajstić information content (AvgIpc) is 2.34. The second-order valence-corrected chi connectivity index (χ2v) is 6.04. The van der Waals surface area contributed by atoms with E-state index < -0.39 is 0 Å². The van der Waals surface area contributed by atoms with Crippen LogP contribution in [0.25, 0.3) is 0 Å². The number of carbonyl (C=O) groups is 1. The van der Waals surface area contributed by atoms with Crippen LogP contribution >= 0.6 is 0 Å². The summed E-state index contributed by atoms with van der Waals surface area (Å²) in [6.45, 7) is 9.52. The monoisotopic (exact) mass is 263 g/mol. The molecule has 0 unspecified atom stereocenters. The Kier molecular flexibility index (Phi) is 5.55. The van der Waals surface area contributed by atoms with Crippen molar-refractivity contribution >= 4 is 5.91 Å². The molecule has 3 nitrogen and oxygen atoms in total. The van der Waals surface area contributed by atoms with E-state index >= 15 is 0 Å². The summed E-state index contributed by atoms with van der Waals surface area (Å²) >= 11 is 0. The molecule has 0 aromatic heterocycles. The van der Waals surface area contributed by atoms with Crippen molar-refractivity contribution in [2.45, 2.75) is 34.1 Å². The molecule has 0 aliphatic rings. The van der Waals surface area contributed by atoms with Gasteiger partial charge in [0.15, 0.2) is 0 Å². The Hall–Kier alpha value is -1.35. The highest BCUT2D eigenvalue weighted by Gasteiger charge is 2.15. The fourth-order valence-corrected chi connectivity index (χ4v) is 2.08. The number of carbonyl (C=O) groups excluding carboxylic acids is 1.